The molecule has 2 aromatic heterocycles. The number of hydrogen-bond acceptors (Lipinski definition) is 12. The monoisotopic (exact) mass is 884 g/mol. The minimum absolute atomic E-state index is 0. The maximum absolute atomic E-state index is 15.4. The smallest absolute Gasteiger partial charge is 0.511 e. The van der Waals surface area contributed by atoms with Crippen LogP contribution in [0.2, 0.25) is 0 Å². The van der Waals surface area contributed by atoms with Crippen LogP contribution in [-0.2, 0) is 26.4 Å². The average molecular weight is 885 g/mol. The lowest BCUT2D eigenvalue weighted by Crippen LogP contribution is -3.00. The van der Waals surface area contributed by atoms with E-state index in [0.29, 0.717) is 36.6 Å². The summed E-state index contributed by atoms with van der Waals surface area (Å²) in [7, 11) is 0. The Hall–Kier alpha value is -5.17. The summed E-state index contributed by atoms with van der Waals surface area (Å²) in [6.45, 7) is 9.34. The molecule has 19 heteroatoms. The topological polar surface area (TPSA) is 142 Å². The summed E-state index contributed by atoms with van der Waals surface area (Å²) in [5, 5.41) is 18.7. The largest absolute Gasteiger partial charge is 1.00 e. The fraction of sp³-hybridized carbons (Fsp3) is 0.452. The van der Waals surface area contributed by atoms with Gasteiger partial charge in [0.2, 0.25) is 12.6 Å². The Bertz CT molecular complexity index is 2270. The second kappa shape index (κ2) is 20.1. The van der Waals surface area contributed by atoms with Crippen LogP contribution in [0.15, 0.2) is 90.5 Å². The predicted molar refractivity (Wildman–Crippen MR) is 221 cm³/mol. The zero-order chi connectivity index (χ0) is 42.4. The Morgan fingerprint density at radius 2 is 1.66 bits per heavy atom. The highest BCUT2D eigenvalue weighted by Crippen LogP contribution is 2.42. The number of rotatable bonds is 16. The van der Waals surface area contributed by atoms with Crippen LogP contribution in [0.1, 0.15) is 51.4 Å². The lowest BCUT2D eigenvalue weighted by atomic mass is 9.87. The van der Waals surface area contributed by atoms with Crippen molar-refractivity contribution < 1.29 is 54.6 Å². The molecule has 0 aliphatic carbocycles. The Balaban J connectivity index is 0.00000622. The van der Waals surface area contributed by atoms with Gasteiger partial charge in [-0.15, -0.1) is 4.68 Å². The van der Waals surface area contributed by atoms with Gasteiger partial charge in [0.1, 0.15) is 42.5 Å². The summed E-state index contributed by atoms with van der Waals surface area (Å²) in [6, 6.07) is 18.9. The molecule has 7 rings (SSSR count). The fourth-order valence-electron chi connectivity index (χ4n) is 7.90. The van der Waals surface area contributed by atoms with Gasteiger partial charge in [0.15, 0.2) is 0 Å². The SMILES string of the molecule is CC[C@@H]([C@H](C)O)n1ncn(-c2ccc(N3CCN(c4ccc(OC[C@@H]5CO[C@@](Cn6c[n+](C(C)OC(=O)OCCS)cn6)(c6ccc(F)cc6F)C5)cc4)CC3)cc2)c1=O.[Cl-]. The molecule has 2 saturated heterocycles. The molecule has 5 atom stereocenters. The summed E-state index contributed by atoms with van der Waals surface area (Å²) in [4.78, 5) is 29.6. The first-order valence-electron chi connectivity index (χ1n) is 20.1. The lowest BCUT2D eigenvalue weighted by Gasteiger charge is -2.37. The van der Waals surface area contributed by atoms with E-state index < -0.39 is 35.7 Å². The van der Waals surface area contributed by atoms with Crippen LogP contribution in [0.25, 0.3) is 5.69 Å². The third-order valence-corrected chi connectivity index (χ3v) is 11.3. The molecule has 0 saturated carbocycles. The molecular weight excluding hydrogens is 834 g/mol. The van der Waals surface area contributed by atoms with Crippen molar-refractivity contribution >= 4 is 30.2 Å². The van der Waals surface area contributed by atoms with Crippen molar-refractivity contribution in [1.82, 2.24) is 24.1 Å². The predicted octanol–water partition coefficient (Wildman–Crippen LogP) is 2.07. The molecular formula is C42H51ClF2N8O7S. The number of aliphatic hydroxyl groups excluding tert-OH is 1. The zero-order valence-corrected chi connectivity index (χ0v) is 35.9. The van der Waals surface area contributed by atoms with Gasteiger partial charge in [-0.3, -0.25) is 0 Å². The number of aliphatic hydroxyl groups is 1. The van der Waals surface area contributed by atoms with Gasteiger partial charge in [0, 0.05) is 72.9 Å². The second-order valence-electron chi connectivity index (χ2n) is 15.2. The molecule has 1 unspecified atom stereocenters. The number of piperazine rings is 1. The zero-order valence-electron chi connectivity index (χ0n) is 34.2. The molecule has 5 aromatic rings. The van der Waals surface area contributed by atoms with Gasteiger partial charge < -0.3 is 46.3 Å². The first kappa shape index (κ1) is 45.4. The van der Waals surface area contributed by atoms with E-state index in [-0.39, 0.29) is 55.4 Å². The molecule has 15 nitrogen and oxygen atoms in total. The number of hydrogen-bond donors (Lipinski definition) is 2. The molecule has 4 heterocycles. The number of thiol groups is 1. The van der Waals surface area contributed by atoms with Crippen molar-refractivity contribution in [2.75, 3.05) is 61.6 Å². The first-order valence-corrected chi connectivity index (χ1v) is 20.7. The molecule has 328 valence electrons. The summed E-state index contributed by atoms with van der Waals surface area (Å²) in [5.74, 6) is -0.452. The maximum atomic E-state index is 15.4. The number of halogens is 3. The van der Waals surface area contributed by atoms with E-state index in [9.17, 15) is 19.1 Å². The Labute approximate surface area is 364 Å². The fourth-order valence-corrected chi connectivity index (χ4v) is 7.99. The van der Waals surface area contributed by atoms with Crippen molar-refractivity contribution in [1.29, 1.82) is 0 Å². The second-order valence-corrected chi connectivity index (χ2v) is 15.6. The minimum Gasteiger partial charge on any atom is -1.00 e. The summed E-state index contributed by atoms with van der Waals surface area (Å²) >= 11 is 4.02. The van der Waals surface area contributed by atoms with E-state index in [2.05, 4.69) is 32.6 Å². The average Bonchev–Trinajstić information content (AvgIpc) is 3.99. The summed E-state index contributed by atoms with van der Waals surface area (Å²) in [5.41, 5.74) is 1.63. The van der Waals surface area contributed by atoms with Gasteiger partial charge in [-0.1, -0.05) is 13.0 Å². The Morgan fingerprint density at radius 1 is 1.00 bits per heavy atom. The molecule has 0 radical (unpaired) electrons. The van der Waals surface area contributed by atoms with Crippen molar-refractivity contribution in [2.45, 2.75) is 64.1 Å². The maximum Gasteiger partial charge on any atom is 0.511 e. The number of carbonyl (C=O) groups excluding carboxylic acids is 1. The van der Waals surface area contributed by atoms with E-state index in [4.69, 9.17) is 18.9 Å². The highest BCUT2D eigenvalue weighted by atomic mass is 35.5. The number of anilines is 2. The molecule has 2 aliphatic heterocycles. The van der Waals surface area contributed by atoms with Gasteiger partial charge in [0.05, 0.1) is 31.0 Å². The van der Waals surface area contributed by atoms with E-state index in [0.717, 1.165) is 43.6 Å². The molecule has 3 aromatic carbocycles. The minimum atomic E-state index is -1.17. The molecule has 0 spiro atoms. The van der Waals surface area contributed by atoms with Gasteiger partial charge in [0.25, 0.3) is 6.33 Å². The molecule has 0 amide bonds. The lowest BCUT2D eigenvalue weighted by molar-refractivity contribution is -0.754. The van der Waals surface area contributed by atoms with Crippen molar-refractivity contribution in [3.63, 3.8) is 0 Å². The number of ether oxygens (including phenoxy) is 4. The van der Waals surface area contributed by atoms with Crippen molar-refractivity contribution in [2.24, 2.45) is 5.92 Å². The van der Waals surface area contributed by atoms with Gasteiger partial charge in [-0.2, -0.15) is 22.3 Å². The third-order valence-electron chi connectivity index (χ3n) is 11.1. The van der Waals surface area contributed by atoms with E-state index in [1.807, 2.05) is 55.5 Å². The standard InChI is InChI=1S/C42H50F2N8O7S.ClH/c1-4-39(29(2)53)52-40(54)51(27-46-52)35-8-6-33(7-9-35)47-15-17-48(18-16-47)34-10-12-36(13-11-34)57-23-31-22-42(58-24-31,37-14-5-32(43)21-38(37)44)25-50-28-49(26-45-50)30(3)59-41(55)56-19-20-60;/h5-14,21,26-31,39,53H,4,15-20,22-25H2,1-3H3;1H/t29-,30?,31+,39-,42-;/m0./s1. The van der Waals surface area contributed by atoms with E-state index >= 15 is 4.39 Å². The Kier molecular flexibility index (Phi) is 15.0. The van der Waals surface area contributed by atoms with Gasteiger partial charge in [-0.05, 0) is 74.4 Å². The van der Waals surface area contributed by atoms with Crippen molar-refractivity contribution in [3.8, 4) is 11.4 Å². The molecule has 2 aliphatic rings. The van der Waals surface area contributed by atoms with Gasteiger partial charge in [-0.25, -0.2) is 27.6 Å². The molecule has 61 heavy (non-hydrogen) atoms. The van der Waals surface area contributed by atoms with E-state index in [1.54, 1.807) is 29.4 Å². The molecule has 1 N–H and O–H groups in total. The van der Waals surface area contributed by atoms with Crippen LogP contribution in [0, 0.1) is 17.6 Å². The van der Waals surface area contributed by atoms with E-state index in [1.165, 1.54) is 34.0 Å². The van der Waals surface area contributed by atoms with Crippen LogP contribution in [0.5, 0.6) is 5.75 Å². The quantitative estimate of drug-likeness (QED) is 0.0856. The number of nitrogens with zero attached hydrogens (tertiary/aromatic N) is 8. The third kappa shape index (κ3) is 10.5. The summed E-state index contributed by atoms with van der Waals surface area (Å²) < 4.78 is 58.2. The van der Waals surface area contributed by atoms with Crippen molar-refractivity contribution in [3.05, 3.63) is 113 Å². The van der Waals surface area contributed by atoms with Crippen LogP contribution in [-0.4, -0.2) is 93.2 Å². The normalized spacial score (nSPS) is 19.2. The number of carbonyl (C=O) groups is 1. The van der Waals surface area contributed by atoms with Crippen LogP contribution in [0.3, 0.4) is 0 Å². The van der Waals surface area contributed by atoms with Gasteiger partial charge >= 0.3 is 11.8 Å². The summed E-state index contributed by atoms with van der Waals surface area (Å²) in [6.07, 6.45) is 3.32. The Morgan fingerprint density at radius 3 is 2.28 bits per heavy atom. The van der Waals surface area contributed by atoms with Crippen LogP contribution in [0.4, 0.5) is 25.0 Å². The molecule has 2 fully saturated rings. The van der Waals surface area contributed by atoms with Crippen LogP contribution >= 0.6 is 12.6 Å². The number of benzene rings is 3. The van der Waals surface area contributed by atoms with Crippen LogP contribution < -0.4 is 37.2 Å². The highest BCUT2D eigenvalue weighted by molar-refractivity contribution is 7.80. The highest BCUT2D eigenvalue weighted by Gasteiger charge is 2.46. The number of aromatic nitrogens is 6. The first-order chi connectivity index (χ1) is 29.0. The molecule has 0 bridgehead atoms.